The number of tetrazole rings is 1. The van der Waals surface area contributed by atoms with E-state index >= 15 is 0 Å². The fourth-order valence-corrected chi connectivity index (χ4v) is 1.63. The summed E-state index contributed by atoms with van der Waals surface area (Å²) in [5.41, 5.74) is 0.247. The molecular weight excluding hydrogens is 262 g/mol. The number of nitro benzene ring substituents is 1. The van der Waals surface area contributed by atoms with Crippen LogP contribution in [0.3, 0.4) is 0 Å². The molecule has 1 aromatic carbocycles. The lowest BCUT2D eigenvalue weighted by Gasteiger charge is -2.03. The van der Waals surface area contributed by atoms with E-state index in [4.69, 9.17) is 16.7 Å². The van der Waals surface area contributed by atoms with E-state index in [9.17, 15) is 10.1 Å². The van der Waals surface area contributed by atoms with Crippen molar-refractivity contribution in [2.45, 2.75) is 6.54 Å². The van der Waals surface area contributed by atoms with Gasteiger partial charge in [-0.3, -0.25) is 10.1 Å². The average Bonchev–Trinajstić information content (AvgIpc) is 2.78. The summed E-state index contributed by atoms with van der Waals surface area (Å²) in [7, 11) is 0. The van der Waals surface area contributed by atoms with E-state index in [0.29, 0.717) is 11.4 Å². The molecule has 0 radical (unpaired) electrons. The number of halogens is 1. The van der Waals surface area contributed by atoms with Crippen molar-refractivity contribution in [3.8, 4) is 11.4 Å². The van der Waals surface area contributed by atoms with Crippen LogP contribution in [0.1, 0.15) is 0 Å². The van der Waals surface area contributed by atoms with Gasteiger partial charge in [-0.2, -0.15) is 0 Å². The lowest BCUT2D eigenvalue weighted by molar-refractivity contribution is -0.384. The molecule has 94 valence electrons. The van der Waals surface area contributed by atoms with Crippen LogP contribution in [0.4, 0.5) is 5.69 Å². The highest BCUT2D eigenvalue weighted by atomic mass is 35.5. The summed E-state index contributed by atoms with van der Waals surface area (Å²) in [5, 5.41) is 30.6. The fourth-order valence-electron chi connectivity index (χ4n) is 1.45. The number of aromatic nitrogens is 4. The summed E-state index contributed by atoms with van der Waals surface area (Å²) in [4.78, 5) is 10.2. The van der Waals surface area contributed by atoms with E-state index in [0.717, 1.165) is 0 Å². The molecule has 0 unspecified atom stereocenters. The first-order valence-corrected chi connectivity index (χ1v) is 5.32. The van der Waals surface area contributed by atoms with E-state index in [1.165, 1.54) is 16.8 Å². The second kappa shape index (κ2) is 5.07. The van der Waals surface area contributed by atoms with Gasteiger partial charge in [0.1, 0.15) is 5.02 Å². The molecule has 9 heteroatoms. The van der Waals surface area contributed by atoms with Gasteiger partial charge in [0, 0.05) is 11.6 Å². The van der Waals surface area contributed by atoms with Gasteiger partial charge in [-0.15, -0.1) is 5.10 Å². The number of nitro groups is 1. The molecule has 0 fully saturated rings. The SMILES string of the molecule is O=[N+]([O-])c1cc(-c2nnnn2CCO)ccc1Cl. The molecule has 1 heterocycles. The topological polar surface area (TPSA) is 107 Å². The number of benzene rings is 1. The molecule has 0 spiro atoms. The number of hydrogen-bond donors (Lipinski definition) is 1. The molecule has 0 bridgehead atoms. The Hall–Kier alpha value is -2.06. The maximum absolute atomic E-state index is 10.8. The van der Waals surface area contributed by atoms with Crippen LogP contribution in [0.5, 0.6) is 0 Å². The Balaban J connectivity index is 2.47. The van der Waals surface area contributed by atoms with Gasteiger partial charge in [0.25, 0.3) is 5.69 Å². The van der Waals surface area contributed by atoms with E-state index in [2.05, 4.69) is 15.5 Å². The molecule has 1 aromatic heterocycles. The van der Waals surface area contributed by atoms with Crippen molar-refractivity contribution >= 4 is 17.3 Å². The Kier molecular flexibility index (Phi) is 3.49. The first kappa shape index (κ1) is 12.4. The van der Waals surface area contributed by atoms with Crippen LogP contribution < -0.4 is 0 Å². The van der Waals surface area contributed by atoms with Gasteiger partial charge in [0.15, 0.2) is 5.82 Å². The summed E-state index contributed by atoms with van der Waals surface area (Å²) < 4.78 is 1.35. The molecule has 8 nitrogen and oxygen atoms in total. The van der Waals surface area contributed by atoms with Gasteiger partial charge in [-0.1, -0.05) is 11.6 Å². The molecule has 0 aliphatic heterocycles. The van der Waals surface area contributed by atoms with Crippen molar-refractivity contribution in [3.05, 3.63) is 33.3 Å². The van der Waals surface area contributed by atoms with Crippen LogP contribution in [-0.4, -0.2) is 36.8 Å². The normalized spacial score (nSPS) is 10.6. The third-order valence-corrected chi connectivity index (χ3v) is 2.56. The van der Waals surface area contributed by atoms with E-state index < -0.39 is 4.92 Å². The second-order valence-electron chi connectivity index (χ2n) is 3.37. The van der Waals surface area contributed by atoms with Gasteiger partial charge in [0.2, 0.25) is 0 Å². The van der Waals surface area contributed by atoms with E-state index in [1.54, 1.807) is 6.07 Å². The van der Waals surface area contributed by atoms with Gasteiger partial charge in [0.05, 0.1) is 18.1 Å². The summed E-state index contributed by atoms with van der Waals surface area (Å²) in [5.74, 6) is 0.337. The van der Waals surface area contributed by atoms with E-state index in [-0.39, 0.29) is 23.9 Å². The molecule has 18 heavy (non-hydrogen) atoms. The Morgan fingerprint density at radius 3 is 2.94 bits per heavy atom. The number of rotatable bonds is 4. The summed E-state index contributed by atoms with van der Waals surface area (Å²) in [6, 6.07) is 4.28. The van der Waals surface area contributed by atoms with Crippen molar-refractivity contribution in [1.29, 1.82) is 0 Å². The molecule has 0 amide bonds. The van der Waals surface area contributed by atoms with Crippen molar-refractivity contribution < 1.29 is 10.0 Å². The minimum Gasteiger partial charge on any atom is -0.394 e. The molecule has 2 aromatic rings. The monoisotopic (exact) mass is 269 g/mol. The lowest BCUT2D eigenvalue weighted by atomic mass is 10.2. The van der Waals surface area contributed by atoms with Gasteiger partial charge >= 0.3 is 0 Å². The summed E-state index contributed by atoms with van der Waals surface area (Å²) >= 11 is 5.71. The van der Waals surface area contributed by atoms with Gasteiger partial charge in [-0.05, 0) is 22.6 Å². The van der Waals surface area contributed by atoms with Gasteiger partial charge in [-0.25, -0.2) is 4.68 Å². The van der Waals surface area contributed by atoms with Crippen LogP contribution in [-0.2, 0) is 6.54 Å². The van der Waals surface area contributed by atoms with Crippen LogP contribution >= 0.6 is 11.6 Å². The predicted molar refractivity (Wildman–Crippen MR) is 62.0 cm³/mol. The zero-order chi connectivity index (χ0) is 13.1. The molecule has 2 rings (SSSR count). The smallest absolute Gasteiger partial charge is 0.288 e. The minimum absolute atomic E-state index is 0.0462. The highest BCUT2D eigenvalue weighted by Gasteiger charge is 2.16. The molecule has 0 aliphatic carbocycles. The predicted octanol–water partition coefficient (Wildman–Crippen LogP) is 0.894. The Morgan fingerprint density at radius 1 is 1.50 bits per heavy atom. The lowest BCUT2D eigenvalue weighted by Crippen LogP contribution is -2.06. The number of aliphatic hydroxyl groups is 1. The highest BCUT2D eigenvalue weighted by Crippen LogP contribution is 2.29. The first-order chi connectivity index (χ1) is 8.63. The maximum Gasteiger partial charge on any atom is 0.288 e. The van der Waals surface area contributed by atoms with Gasteiger partial charge < -0.3 is 5.11 Å². The minimum atomic E-state index is -0.577. The summed E-state index contributed by atoms with van der Waals surface area (Å²) in [6.45, 7) is 0.0759. The number of hydrogen-bond acceptors (Lipinski definition) is 6. The maximum atomic E-state index is 10.8. The third kappa shape index (κ3) is 2.29. The average molecular weight is 270 g/mol. The van der Waals surface area contributed by atoms with Crippen molar-refractivity contribution in [2.75, 3.05) is 6.61 Å². The standard InChI is InChI=1S/C9H8ClN5O3/c10-7-2-1-6(5-8(7)15(17)18)9-11-12-13-14(9)3-4-16/h1-2,5,16H,3-4H2. The van der Waals surface area contributed by atoms with Crippen molar-refractivity contribution in [2.24, 2.45) is 0 Å². The number of aliphatic hydroxyl groups excluding tert-OH is 1. The van der Waals surface area contributed by atoms with Crippen LogP contribution in [0.15, 0.2) is 18.2 Å². The van der Waals surface area contributed by atoms with Crippen molar-refractivity contribution in [3.63, 3.8) is 0 Å². The van der Waals surface area contributed by atoms with E-state index in [1.807, 2.05) is 0 Å². The Morgan fingerprint density at radius 2 is 2.28 bits per heavy atom. The largest absolute Gasteiger partial charge is 0.394 e. The molecule has 0 aliphatic rings. The van der Waals surface area contributed by atoms with Crippen molar-refractivity contribution in [1.82, 2.24) is 20.2 Å². The fraction of sp³-hybridized carbons (Fsp3) is 0.222. The third-order valence-electron chi connectivity index (χ3n) is 2.24. The zero-order valence-corrected chi connectivity index (χ0v) is 9.78. The molecule has 1 N–H and O–H groups in total. The first-order valence-electron chi connectivity index (χ1n) is 4.95. The quantitative estimate of drug-likeness (QED) is 0.652. The Bertz CT molecular complexity index is 585. The second-order valence-corrected chi connectivity index (χ2v) is 3.78. The Labute approximate surface area is 106 Å². The van der Waals surface area contributed by atoms with Crippen LogP contribution in [0.2, 0.25) is 5.02 Å². The highest BCUT2D eigenvalue weighted by molar-refractivity contribution is 6.32. The van der Waals surface area contributed by atoms with Crippen LogP contribution in [0.25, 0.3) is 11.4 Å². The number of nitrogens with zero attached hydrogens (tertiary/aromatic N) is 5. The molecule has 0 atom stereocenters. The molecule has 0 saturated heterocycles. The summed E-state index contributed by atoms with van der Waals surface area (Å²) in [6.07, 6.45) is 0. The molecule has 0 saturated carbocycles. The molecular formula is C9H8ClN5O3. The zero-order valence-electron chi connectivity index (χ0n) is 9.02. The van der Waals surface area contributed by atoms with Crippen LogP contribution in [0, 0.1) is 10.1 Å².